The summed E-state index contributed by atoms with van der Waals surface area (Å²) in [5.41, 5.74) is 6.10. The molecule has 24 heavy (non-hydrogen) atoms. The van der Waals surface area contributed by atoms with Crippen LogP contribution in [0.25, 0.3) is 0 Å². The summed E-state index contributed by atoms with van der Waals surface area (Å²) in [4.78, 5) is 34.6. The molecule has 2 aliphatic rings. The van der Waals surface area contributed by atoms with E-state index in [-0.39, 0.29) is 42.6 Å². The number of nitrogens with two attached hydrogens (primary N) is 1. The lowest BCUT2D eigenvalue weighted by molar-refractivity contribution is -0.127. The molecule has 136 valence electrons. The Bertz CT molecular complexity index is 455. The van der Waals surface area contributed by atoms with Crippen LogP contribution in [0.5, 0.6) is 0 Å². The van der Waals surface area contributed by atoms with E-state index in [0.29, 0.717) is 24.9 Å². The zero-order valence-electron chi connectivity index (χ0n) is 14.5. The standard InChI is InChI=1S/C17H30N4O3/c1-11(22)19-7-8-20-15(23)5-6-16(24)21-17-12-3-2-4-13(17)10-14(18)9-12/h12-14,17H,2-10,18H2,1H3,(H,19,22)(H,20,23)(H,21,24). The van der Waals surface area contributed by atoms with Crippen LogP contribution in [0.15, 0.2) is 0 Å². The van der Waals surface area contributed by atoms with Gasteiger partial charge in [0, 0.05) is 44.9 Å². The van der Waals surface area contributed by atoms with Gasteiger partial charge in [0.1, 0.15) is 0 Å². The second-order valence-electron chi connectivity index (χ2n) is 7.11. The van der Waals surface area contributed by atoms with E-state index in [1.807, 2.05) is 0 Å². The Kier molecular flexibility index (Phi) is 7.02. The van der Waals surface area contributed by atoms with Gasteiger partial charge in [0.05, 0.1) is 0 Å². The molecule has 0 heterocycles. The number of hydrogen-bond acceptors (Lipinski definition) is 4. The SMILES string of the molecule is CC(=O)NCCNC(=O)CCC(=O)NC1C2CCCC1CC(N)C2. The smallest absolute Gasteiger partial charge is 0.220 e. The van der Waals surface area contributed by atoms with Gasteiger partial charge in [0.15, 0.2) is 0 Å². The van der Waals surface area contributed by atoms with Crippen molar-refractivity contribution >= 4 is 17.7 Å². The highest BCUT2D eigenvalue weighted by Gasteiger charge is 2.39. The molecule has 2 atom stereocenters. The fourth-order valence-corrected chi connectivity index (χ4v) is 4.04. The second kappa shape index (κ2) is 9.01. The molecule has 3 amide bonds. The van der Waals surface area contributed by atoms with Crippen molar-refractivity contribution in [3.05, 3.63) is 0 Å². The van der Waals surface area contributed by atoms with Gasteiger partial charge in [-0.25, -0.2) is 0 Å². The topological polar surface area (TPSA) is 113 Å². The molecule has 0 spiro atoms. The molecular formula is C17H30N4O3. The quantitative estimate of drug-likeness (QED) is 0.491. The van der Waals surface area contributed by atoms with Crippen LogP contribution in [0, 0.1) is 11.8 Å². The van der Waals surface area contributed by atoms with Crippen molar-refractivity contribution in [2.45, 2.75) is 64.0 Å². The van der Waals surface area contributed by atoms with Gasteiger partial charge in [-0.05, 0) is 37.5 Å². The number of amides is 3. The normalized spacial score (nSPS) is 28.8. The average molecular weight is 338 g/mol. The van der Waals surface area contributed by atoms with E-state index < -0.39 is 0 Å². The molecule has 0 aromatic heterocycles. The molecule has 0 aromatic rings. The van der Waals surface area contributed by atoms with Crippen molar-refractivity contribution in [2.75, 3.05) is 13.1 Å². The monoisotopic (exact) mass is 338 g/mol. The number of rotatable bonds is 7. The number of hydrogen-bond donors (Lipinski definition) is 4. The summed E-state index contributed by atoms with van der Waals surface area (Å²) in [5.74, 6) is 0.637. The predicted molar refractivity (Wildman–Crippen MR) is 90.9 cm³/mol. The van der Waals surface area contributed by atoms with E-state index >= 15 is 0 Å². The Morgan fingerprint density at radius 3 is 2.17 bits per heavy atom. The third kappa shape index (κ3) is 5.78. The molecule has 7 nitrogen and oxygen atoms in total. The van der Waals surface area contributed by atoms with Crippen molar-refractivity contribution in [3.8, 4) is 0 Å². The van der Waals surface area contributed by atoms with Gasteiger partial charge < -0.3 is 21.7 Å². The number of nitrogens with one attached hydrogen (secondary N) is 3. The molecule has 2 aliphatic carbocycles. The Labute approximate surface area is 143 Å². The van der Waals surface area contributed by atoms with Gasteiger partial charge in [0.2, 0.25) is 17.7 Å². The van der Waals surface area contributed by atoms with Crippen LogP contribution in [0.2, 0.25) is 0 Å². The van der Waals surface area contributed by atoms with Gasteiger partial charge in [-0.2, -0.15) is 0 Å². The van der Waals surface area contributed by atoms with Gasteiger partial charge in [-0.1, -0.05) is 6.42 Å². The van der Waals surface area contributed by atoms with E-state index in [0.717, 1.165) is 25.7 Å². The molecule has 5 N–H and O–H groups in total. The molecule has 7 heteroatoms. The highest BCUT2D eigenvalue weighted by Crippen LogP contribution is 2.39. The van der Waals surface area contributed by atoms with Crippen LogP contribution in [-0.2, 0) is 14.4 Å². The van der Waals surface area contributed by atoms with Gasteiger partial charge >= 0.3 is 0 Å². The van der Waals surface area contributed by atoms with E-state index in [2.05, 4.69) is 16.0 Å². The average Bonchev–Trinajstić information content (AvgIpc) is 2.50. The minimum Gasteiger partial charge on any atom is -0.355 e. The van der Waals surface area contributed by atoms with Crippen LogP contribution < -0.4 is 21.7 Å². The van der Waals surface area contributed by atoms with Crippen molar-refractivity contribution in [1.29, 1.82) is 0 Å². The van der Waals surface area contributed by atoms with Crippen LogP contribution in [0.1, 0.15) is 51.9 Å². The first-order valence-electron chi connectivity index (χ1n) is 9.01. The van der Waals surface area contributed by atoms with E-state index in [1.165, 1.54) is 13.3 Å². The largest absolute Gasteiger partial charge is 0.355 e. The third-order valence-electron chi connectivity index (χ3n) is 5.10. The van der Waals surface area contributed by atoms with Gasteiger partial charge in [-0.15, -0.1) is 0 Å². The van der Waals surface area contributed by atoms with Crippen LogP contribution in [0.4, 0.5) is 0 Å². The highest BCUT2D eigenvalue weighted by molar-refractivity contribution is 5.83. The predicted octanol–water partition coefficient (Wildman–Crippen LogP) is 0.0411. The maximum atomic E-state index is 12.2. The van der Waals surface area contributed by atoms with Crippen molar-refractivity contribution in [3.63, 3.8) is 0 Å². The summed E-state index contributed by atoms with van der Waals surface area (Å²) in [6.07, 6.45) is 5.86. The zero-order chi connectivity index (χ0) is 17.5. The van der Waals surface area contributed by atoms with Crippen molar-refractivity contribution in [2.24, 2.45) is 17.6 Å². The first kappa shape index (κ1) is 18.7. The molecule has 2 rings (SSSR count). The lowest BCUT2D eigenvalue weighted by Gasteiger charge is -2.45. The van der Waals surface area contributed by atoms with Crippen molar-refractivity contribution in [1.82, 2.24) is 16.0 Å². The van der Waals surface area contributed by atoms with E-state index in [4.69, 9.17) is 5.73 Å². The van der Waals surface area contributed by atoms with Crippen LogP contribution >= 0.6 is 0 Å². The lowest BCUT2D eigenvalue weighted by Crippen LogP contribution is -2.53. The minimum absolute atomic E-state index is 0.0515. The lowest BCUT2D eigenvalue weighted by atomic mass is 9.67. The molecule has 0 aliphatic heterocycles. The summed E-state index contributed by atoms with van der Waals surface area (Å²) < 4.78 is 0. The Balaban J connectivity index is 1.66. The number of carbonyl (C=O) groups excluding carboxylic acids is 3. The Morgan fingerprint density at radius 1 is 0.958 bits per heavy atom. The third-order valence-corrected chi connectivity index (χ3v) is 5.10. The molecule has 2 fully saturated rings. The number of fused-ring (bicyclic) bond motifs is 2. The fraction of sp³-hybridized carbons (Fsp3) is 0.824. The molecular weight excluding hydrogens is 308 g/mol. The van der Waals surface area contributed by atoms with E-state index in [1.54, 1.807) is 0 Å². The summed E-state index contributed by atoms with van der Waals surface area (Å²) in [6.45, 7) is 2.21. The van der Waals surface area contributed by atoms with Crippen molar-refractivity contribution < 1.29 is 14.4 Å². The molecule has 2 saturated carbocycles. The summed E-state index contributed by atoms with van der Waals surface area (Å²) in [5, 5.41) is 8.44. The maximum absolute atomic E-state index is 12.2. The highest BCUT2D eigenvalue weighted by atomic mass is 16.2. The molecule has 0 radical (unpaired) electrons. The second-order valence-corrected chi connectivity index (χ2v) is 7.11. The first-order chi connectivity index (χ1) is 11.5. The van der Waals surface area contributed by atoms with Gasteiger partial charge in [0.25, 0.3) is 0 Å². The van der Waals surface area contributed by atoms with E-state index in [9.17, 15) is 14.4 Å². The molecule has 2 bridgehead atoms. The Hall–Kier alpha value is -1.63. The molecule has 0 saturated heterocycles. The summed E-state index contributed by atoms with van der Waals surface area (Å²) in [6, 6.07) is 0.497. The zero-order valence-corrected chi connectivity index (χ0v) is 14.5. The molecule has 0 aromatic carbocycles. The minimum atomic E-state index is -0.165. The summed E-state index contributed by atoms with van der Waals surface area (Å²) in [7, 11) is 0. The fourth-order valence-electron chi connectivity index (χ4n) is 4.04. The van der Waals surface area contributed by atoms with Gasteiger partial charge in [-0.3, -0.25) is 14.4 Å². The molecule has 2 unspecified atom stereocenters. The first-order valence-corrected chi connectivity index (χ1v) is 9.01. The summed E-state index contributed by atoms with van der Waals surface area (Å²) >= 11 is 0. The van der Waals surface area contributed by atoms with Crippen LogP contribution in [0.3, 0.4) is 0 Å². The maximum Gasteiger partial charge on any atom is 0.220 e. The Morgan fingerprint density at radius 2 is 1.54 bits per heavy atom. The number of carbonyl (C=O) groups is 3. The van der Waals surface area contributed by atoms with Crippen LogP contribution in [-0.4, -0.2) is 42.9 Å².